The summed E-state index contributed by atoms with van der Waals surface area (Å²) in [5.41, 5.74) is 0.790. The molecule has 2 rings (SSSR count). The first kappa shape index (κ1) is 16.3. The molecule has 0 aliphatic carbocycles. The number of nitrogens with one attached hydrogen (secondary N) is 1. The predicted molar refractivity (Wildman–Crippen MR) is 61.4 cm³/mol. The van der Waals surface area contributed by atoms with Crippen LogP contribution in [0.5, 0.6) is 11.8 Å². The molecule has 2 heterocycles. The van der Waals surface area contributed by atoms with Gasteiger partial charge in [0, 0.05) is 11.6 Å². The number of rotatable bonds is 4. The molecule has 0 fully saturated rings. The van der Waals surface area contributed by atoms with E-state index in [0.29, 0.717) is 12.5 Å². The van der Waals surface area contributed by atoms with Crippen molar-refractivity contribution in [3.63, 3.8) is 0 Å². The Morgan fingerprint density at radius 1 is 1.58 bits per heavy atom. The molecule has 0 amide bonds. The molecule has 1 aromatic heterocycles. The third-order valence-corrected chi connectivity index (χ3v) is 2.43. The number of nitrogens with zero attached hydrogens (tertiary/aromatic N) is 1. The third kappa shape index (κ3) is 4.36. The van der Waals surface area contributed by atoms with Gasteiger partial charge in [-0.25, -0.2) is 0 Å². The Hall–Kier alpha value is -0.794. The molecule has 0 aromatic carbocycles. The number of halogens is 2. The summed E-state index contributed by atoms with van der Waals surface area (Å²) in [5, 5.41) is 3.22. The Morgan fingerprint density at radius 3 is 2.95 bits per heavy atom. The zero-order valence-corrected chi connectivity index (χ0v) is 12.8. The first-order valence-electron chi connectivity index (χ1n) is 5.57. The van der Waals surface area contributed by atoms with E-state index in [0.717, 1.165) is 5.56 Å². The topological polar surface area (TPSA) is 43.4 Å². The summed E-state index contributed by atoms with van der Waals surface area (Å²) >= 11 is 0. The van der Waals surface area contributed by atoms with Crippen molar-refractivity contribution < 1.29 is 38.0 Å². The maximum absolute atomic E-state index is 12.1. The molecule has 1 aliphatic heterocycles. The van der Waals surface area contributed by atoms with Crippen LogP contribution in [0.1, 0.15) is 18.5 Å². The standard InChI is InChI=1S/C12H14F2N2O2.Os/c1-7(2)15-9-5-6-17-11-8(9)3-4-10(16-11)18-12(13)14;/h3-5,7,9,12,15H,1,6H2,2H3;/q-2;+2/t7-,9+;/m0./s1. The molecular formula is C12H14F2N2O2Os. The zero-order chi connectivity index (χ0) is 13.1. The van der Waals surface area contributed by atoms with E-state index in [1.807, 2.05) is 13.3 Å². The van der Waals surface area contributed by atoms with Crippen LogP contribution in [0.4, 0.5) is 8.78 Å². The van der Waals surface area contributed by atoms with Crippen LogP contribution in [0.15, 0.2) is 12.1 Å². The molecule has 2 atom stereocenters. The number of fused-ring (bicyclic) bond motifs is 1. The van der Waals surface area contributed by atoms with E-state index in [4.69, 9.17) is 4.74 Å². The molecular weight excluding hydrogens is 432 g/mol. The van der Waals surface area contributed by atoms with Gasteiger partial charge < -0.3 is 21.7 Å². The Balaban J connectivity index is 0.00000180. The maximum atomic E-state index is 12.1. The Bertz CT molecular complexity index is 419. The number of hydrogen-bond acceptors (Lipinski definition) is 4. The van der Waals surface area contributed by atoms with Gasteiger partial charge >= 0.3 is 26.4 Å². The number of pyridine rings is 1. The SMILES string of the molecule is [CH2-][C@@H](C)N[C@@H]1[CH-]COc2nc(OC(F)F)ccc21.[Os+2]. The van der Waals surface area contributed by atoms with Gasteiger partial charge in [-0.3, -0.25) is 6.42 Å². The quantitative estimate of drug-likeness (QED) is 0.720. The van der Waals surface area contributed by atoms with E-state index in [1.165, 1.54) is 6.07 Å². The molecule has 4 nitrogen and oxygen atoms in total. The summed E-state index contributed by atoms with van der Waals surface area (Å²) in [6.45, 7) is 3.24. The summed E-state index contributed by atoms with van der Waals surface area (Å²) in [7, 11) is 0. The second kappa shape index (κ2) is 7.11. The summed E-state index contributed by atoms with van der Waals surface area (Å²) in [6, 6.07) is 3.06. The number of aromatic nitrogens is 1. The van der Waals surface area contributed by atoms with Crippen molar-refractivity contribution in [1.82, 2.24) is 10.3 Å². The molecule has 1 aliphatic rings. The Morgan fingerprint density at radius 2 is 2.32 bits per heavy atom. The number of ether oxygens (including phenoxy) is 2. The third-order valence-electron chi connectivity index (χ3n) is 2.43. The van der Waals surface area contributed by atoms with Crippen molar-refractivity contribution in [3.05, 3.63) is 31.0 Å². The van der Waals surface area contributed by atoms with Crippen molar-refractivity contribution in [2.24, 2.45) is 0 Å². The fraction of sp³-hybridized carbons (Fsp3) is 0.417. The fourth-order valence-electron chi connectivity index (χ4n) is 1.76. The zero-order valence-electron chi connectivity index (χ0n) is 10.3. The predicted octanol–water partition coefficient (Wildman–Crippen LogP) is 2.13. The first-order chi connectivity index (χ1) is 8.56. The Kier molecular flexibility index (Phi) is 6.09. The van der Waals surface area contributed by atoms with Gasteiger partial charge in [0.05, 0.1) is 0 Å². The van der Waals surface area contributed by atoms with Crippen LogP contribution in [-0.2, 0) is 19.8 Å². The van der Waals surface area contributed by atoms with Crippen LogP contribution in [0.2, 0.25) is 0 Å². The first-order valence-corrected chi connectivity index (χ1v) is 5.57. The van der Waals surface area contributed by atoms with E-state index in [1.54, 1.807) is 6.07 Å². The smallest absolute Gasteiger partial charge is 0.510 e. The molecule has 7 heteroatoms. The molecule has 19 heavy (non-hydrogen) atoms. The van der Waals surface area contributed by atoms with Crippen molar-refractivity contribution in [2.45, 2.75) is 25.6 Å². The summed E-state index contributed by atoms with van der Waals surface area (Å²) in [4.78, 5) is 3.91. The molecule has 0 saturated carbocycles. The summed E-state index contributed by atoms with van der Waals surface area (Å²) in [5.74, 6) is 0.167. The minimum Gasteiger partial charge on any atom is -0.510 e. The average molecular weight is 446 g/mol. The van der Waals surface area contributed by atoms with Crippen LogP contribution in [0, 0.1) is 13.3 Å². The van der Waals surface area contributed by atoms with Crippen LogP contribution in [-0.4, -0.2) is 24.2 Å². The van der Waals surface area contributed by atoms with Gasteiger partial charge in [0.15, 0.2) is 0 Å². The minimum atomic E-state index is -2.89. The van der Waals surface area contributed by atoms with Gasteiger partial charge in [0.1, 0.15) is 0 Å². The van der Waals surface area contributed by atoms with E-state index < -0.39 is 6.61 Å². The minimum absolute atomic E-state index is 0. The van der Waals surface area contributed by atoms with Gasteiger partial charge in [0.25, 0.3) is 0 Å². The van der Waals surface area contributed by atoms with E-state index in [9.17, 15) is 8.78 Å². The van der Waals surface area contributed by atoms with Gasteiger partial charge in [-0.1, -0.05) is 13.0 Å². The van der Waals surface area contributed by atoms with Crippen LogP contribution < -0.4 is 14.8 Å². The second-order valence-corrected chi connectivity index (χ2v) is 4.01. The summed E-state index contributed by atoms with van der Waals surface area (Å²) in [6.07, 6.45) is 1.93. The molecule has 0 radical (unpaired) electrons. The average Bonchev–Trinajstić information content (AvgIpc) is 2.27. The van der Waals surface area contributed by atoms with Gasteiger partial charge in [-0.05, 0) is 12.7 Å². The van der Waals surface area contributed by atoms with Gasteiger partial charge in [0.2, 0.25) is 11.8 Å². The van der Waals surface area contributed by atoms with E-state index >= 15 is 0 Å². The normalized spacial score (nSPS) is 19.1. The van der Waals surface area contributed by atoms with Gasteiger partial charge in [-0.2, -0.15) is 13.8 Å². The van der Waals surface area contributed by atoms with E-state index in [2.05, 4.69) is 22.0 Å². The largest absolute Gasteiger partial charge is 2.00 e. The number of hydrogen-bond donors (Lipinski definition) is 1. The maximum Gasteiger partial charge on any atom is 2.00 e. The molecule has 0 saturated heterocycles. The molecule has 106 valence electrons. The monoisotopic (exact) mass is 448 g/mol. The van der Waals surface area contributed by atoms with E-state index in [-0.39, 0.29) is 37.8 Å². The van der Waals surface area contributed by atoms with Crippen molar-refractivity contribution in [3.8, 4) is 11.8 Å². The second-order valence-electron chi connectivity index (χ2n) is 4.01. The molecule has 0 spiro atoms. The summed E-state index contributed by atoms with van der Waals surface area (Å²) < 4.78 is 33.7. The molecule has 1 N–H and O–H groups in total. The van der Waals surface area contributed by atoms with Crippen molar-refractivity contribution >= 4 is 0 Å². The van der Waals surface area contributed by atoms with Crippen molar-refractivity contribution in [2.75, 3.05) is 6.61 Å². The Labute approximate surface area is 123 Å². The van der Waals surface area contributed by atoms with Crippen LogP contribution in [0.3, 0.4) is 0 Å². The fourth-order valence-corrected chi connectivity index (χ4v) is 1.76. The van der Waals surface area contributed by atoms with Gasteiger partial charge in [-0.15, -0.1) is 6.04 Å². The number of alkyl halides is 2. The van der Waals surface area contributed by atoms with Crippen molar-refractivity contribution in [1.29, 1.82) is 0 Å². The van der Waals surface area contributed by atoms with Crippen LogP contribution >= 0.6 is 0 Å². The van der Waals surface area contributed by atoms with Crippen LogP contribution in [0.25, 0.3) is 0 Å². The molecule has 0 bridgehead atoms. The molecule has 1 aromatic rings. The molecule has 0 unspecified atom stereocenters.